The lowest BCUT2D eigenvalue weighted by Gasteiger charge is -2.10. The van der Waals surface area contributed by atoms with Crippen LogP contribution in [0.2, 0.25) is 0 Å². The van der Waals surface area contributed by atoms with Gasteiger partial charge < -0.3 is 14.8 Å². The number of benzene rings is 2. The van der Waals surface area contributed by atoms with Gasteiger partial charge in [0.05, 0.1) is 18.7 Å². The third-order valence-electron chi connectivity index (χ3n) is 3.42. The number of amides is 1. The number of halogens is 1. The number of rotatable bonds is 6. The minimum atomic E-state index is -0.299. The molecule has 0 saturated heterocycles. The van der Waals surface area contributed by atoms with E-state index in [1.54, 1.807) is 50.6 Å². The largest absolute Gasteiger partial charge is 0.493 e. The van der Waals surface area contributed by atoms with E-state index in [1.807, 2.05) is 6.07 Å². The molecule has 0 fully saturated rings. The van der Waals surface area contributed by atoms with Crippen LogP contribution >= 0.6 is 15.9 Å². The predicted molar refractivity (Wildman–Crippen MR) is 101 cm³/mol. The maximum absolute atomic E-state index is 12.1. The Labute approximate surface area is 154 Å². The molecule has 6 heteroatoms. The fourth-order valence-electron chi connectivity index (χ4n) is 2.21. The molecular weight excluding hydrogens is 386 g/mol. The number of methoxy groups -OCH3 is 2. The van der Waals surface area contributed by atoms with Crippen molar-refractivity contribution < 1.29 is 19.1 Å². The Morgan fingerprint density at radius 2 is 1.88 bits per heavy atom. The van der Waals surface area contributed by atoms with E-state index < -0.39 is 0 Å². The highest BCUT2D eigenvalue weighted by Crippen LogP contribution is 2.36. The molecule has 2 aromatic carbocycles. The Hall–Kier alpha value is -2.60. The van der Waals surface area contributed by atoms with E-state index in [1.165, 1.54) is 13.0 Å². The number of hydrogen-bond acceptors (Lipinski definition) is 4. The van der Waals surface area contributed by atoms with Gasteiger partial charge in [-0.3, -0.25) is 9.59 Å². The van der Waals surface area contributed by atoms with Gasteiger partial charge in [0.1, 0.15) is 0 Å². The van der Waals surface area contributed by atoms with E-state index >= 15 is 0 Å². The minimum absolute atomic E-state index is 0.0539. The van der Waals surface area contributed by atoms with Crippen LogP contribution in [0.25, 0.3) is 6.08 Å². The van der Waals surface area contributed by atoms with Gasteiger partial charge in [0.2, 0.25) is 5.91 Å². The zero-order valence-corrected chi connectivity index (χ0v) is 15.7. The third-order valence-corrected chi connectivity index (χ3v) is 4.01. The number of Topliss-reactive ketones (excluding diaryl/α,β-unsaturated/α-hetero) is 1. The summed E-state index contributed by atoms with van der Waals surface area (Å²) in [6, 6.07) is 10.4. The molecule has 0 aliphatic carbocycles. The average molecular weight is 404 g/mol. The van der Waals surface area contributed by atoms with Crippen molar-refractivity contribution in [2.75, 3.05) is 19.5 Å². The van der Waals surface area contributed by atoms with Crippen LogP contribution in [0.15, 0.2) is 46.9 Å². The molecule has 0 saturated carbocycles. The Balaban J connectivity index is 2.14. The summed E-state index contributed by atoms with van der Waals surface area (Å²) in [5, 5.41) is 2.73. The SMILES string of the molecule is COc1cc(C=CC(=O)Nc2cccc(C(C)=O)c2)cc(Br)c1OC. The van der Waals surface area contributed by atoms with Crippen LogP contribution in [0.4, 0.5) is 5.69 Å². The summed E-state index contributed by atoms with van der Waals surface area (Å²) in [6.45, 7) is 1.48. The number of carbonyl (C=O) groups is 2. The highest BCUT2D eigenvalue weighted by molar-refractivity contribution is 9.10. The van der Waals surface area contributed by atoms with Gasteiger partial charge in [-0.1, -0.05) is 12.1 Å². The lowest BCUT2D eigenvalue weighted by molar-refractivity contribution is -0.111. The van der Waals surface area contributed by atoms with Crippen molar-refractivity contribution in [2.45, 2.75) is 6.92 Å². The van der Waals surface area contributed by atoms with E-state index in [-0.39, 0.29) is 11.7 Å². The lowest BCUT2D eigenvalue weighted by atomic mass is 10.1. The maximum atomic E-state index is 12.1. The molecular formula is C19H18BrNO4. The van der Waals surface area contributed by atoms with Gasteiger partial charge in [0.25, 0.3) is 0 Å². The minimum Gasteiger partial charge on any atom is -0.493 e. The molecule has 130 valence electrons. The smallest absolute Gasteiger partial charge is 0.248 e. The van der Waals surface area contributed by atoms with E-state index in [0.717, 1.165) is 10.0 Å². The number of ketones is 1. The second kappa shape index (κ2) is 8.48. The Kier molecular flexibility index (Phi) is 6.36. The molecule has 1 N–H and O–H groups in total. The van der Waals surface area contributed by atoms with Gasteiger partial charge in [-0.05, 0) is 58.8 Å². The summed E-state index contributed by atoms with van der Waals surface area (Å²) in [5.41, 5.74) is 1.89. The molecule has 0 atom stereocenters. The van der Waals surface area contributed by atoms with Crippen molar-refractivity contribution in [3.63, 3.8) is 0 Å². The van der Waals surface area contributed by atoms with Crippen molar-refractivity contribution >= 4 is 39.4 Å². The normalized spacial score (nSPS) is 10.6. The van der Waals surface area contributed by atoms with Crippen LogP contribution in [0, 0.1) is 0 Å². The number of nitrogens with one attached hydrogen (secondary N) is 1. The van der Waals surface area contributed by atoms with E-state index in [9.17, 15) is 9.59 Å². The van der Waals surface area contributed by atoms with E-state index in [0.29, 0.717) is 22.7 Å². The summed E-state index contributed by atoms with van der Waals surface area (Å²) in [7, 11) is 3.10. The standard InChI is InChI=1S/C19H18BrNO4/c1-12(22)14-5-4-6-15(11-14)21-18(23)8-7-13-9-16(20)19(25-3)17(10-13)24-2/h4-11H,1-3H3,(H,21,23). The zero-order chi connectivity index (χ0) is 18.4. The first-order valence-corrected chi connectivity index (χ1v) is 8.25. The molecule has 25 heavy (non-hydrogen) atoms. The molecule has 0 unspecified atom stereocenters. The number of anilines is 1. The van der Waals surface area contributed by atoms with Crippen LogP contribution in [-0.2, 0) is 4.79 Å². The maximum Gasteiger partial charge on any atom is 0.248 e. The fourth-order valence-corrected chi connectivity index (χ4v) is 2.83. The van der Waals surface area contributed by atoms with Gasteiger partial charge in [-0.15, -0.1) is 0 Å². The Morgan fingerprint density at radius 3 is 2.52 bits per heavy atom. The molecule has 1 amide bonds. The molecule has 5 nitrogen and oxygen atoms in total. The molecule has 0 aliphatic heterocycles. The van der Waals surface area contributed by atoms with Crippen LogP contribution in [-0.4, -0.2) is 25.9 Å². The predicted octanol–water partition coefficient (Wildman–Crippen LogP) is 4.32. The van der Waals surface area contributed by atoms with Crippen LogP contribution in [0.3, 0.4) is 0 Å². The summed E-state index contributed by atoms with van der Waals surface area (Å²) in [4.78, 5) is 23.5. The van der Waals surface area contributed by atoms with Gasteiger partial charge >= 0.3 is 0 Å². The first-order chi connectivity index (χ1) is 11.9. The van der Waals surface area contributed by atoms with Gasteiger partial charge in [-0.2, -0.15) is 0 Å². The first kappa shape index (κ1) is 18.7. The van der Waals surface area contributed by atoms with Crippen LogP contribution in [0.1, 0.15) is 22.8 Å². The van der Waals surface area contributed by atoms with Crippen LogP contribution in [0.5, 0.6) is 11.5 Å². The van der Waals surface area contributed by atoms with Crippen molar-refractivity contribution in [3.8, 4) is 11.5 Å². The van der Waals surface area contributed by atoms with Gasteiger partial charge in [-0.25, -0.2) is 0 Å². The topological polar surface area (TPSA) is 64.6 Å². The molecule has 0 radical (unpaired) electrons. The zero-order valence-electron chi connectivity index (χ0n) is 14.1. The second-order valence-corrected chi connectivity index (χ2v) is 6.05. The second-order valence-electron chi connectivity index (χ2n) is 5.20. The molecule has 0 heterocycles. The highest BCUT2D eigenvalue weighted by Gasteiger charge is 2.09. The number of hydrogen-bond donors (Lipinski definition) is 1. The molecule has 0 aliphatic rings. The molecule has 0 spiro atoms. The fraction of sp³-hybridized carbons (Fsp3) is 0.158. The number of carbonyl (C=O) groups excluding carboxylic acids is 2. The van der Waals surface area contributed by atoms with Gasteiger partial charge in [0, 0.05) is 17.3 Å². The molecule has 2 rings (SSSR count). The van der Waals surface area contributed by atoms with Crippen molar-refractivity contribution in [3.05, 3.63) is 58.1 Å². The summed E-state index contributed by atoms with van der Waals surface area (Å²) < 4.78 is 11.3. The Bertz CT molecular complexity index is 830. The van der Waals surface area contributed by atoms with E-state index in [4.69, 9.17) is 9.47 Å². The van der Waals surface area contributed by atoms with Gasteiger partial charge in [0.15, 0.2) is 17.3 Å². The van der Waals surface area contributed by atoms with Crippen molar-refractivity contribution in [2.24, 2.45) is 0 Å². The summed E-state index contributed by atoms with van der Waals surface area (Å²) in [5.74, 6) is 0.796. The summed E-state index contributed by atoms with van der Waals surface area (Å²) >= 11 is 3.41. The van der Waals surface area contributed by atoms with E-state index in [2.05, 4.69) is 21.2 Å². The lowest BCUT2D eigenvalue weighted by Crippen LogP contribution is -2.08. The molecule has 0 bridgehead atoms. The number of ether oxygens (including phenoxy) is 2. The highest BCUT2D eigenvalue weighted by atomic mass is 79.9. The average Bonchev–Trinajstić information content (AvgIpc) is 2.59. The molecule has 0 aromatic heterocycles. The summed E-state index contributed by atoms with van der Waals surface area (Å²) in [6.07, 6.45) is 3.07. The monoisotopic (exact) mass is 403 g/mol. The first-order valence-electron chi connectivity index (χ1n) is 7.46. The van der Waals surface area contributed by atoms with Crippen molar-refractivity contribution in [1.82, 2.24) is 0 Å². The molecule has 2 aromatic rings. The Morgan fingerprint density at radius 1 is 1.12 bits per heavy atom. The third kappa shape index (κ3) is 4.93. The quantitative estimate of drug-likeness (QED) is 0.575. The van der Waals surface area contributed by atoms with Crippen molar-refractivity contribution in [1.29, 1.82) is 0 Å². The van der Waals surface area contributed by atoms with Crippen LogP contribution < -0.4 is 14.8 Å².